The van der Waals surface area contributed by atoms with Crippen LogP contribution in [0.15, 0.2) is 54.6 Å². The number of para-hydroxylation sites is 1. The van der Waals surface area contributed by atoms with Crippen molar-refractivity contribution in [3.8, 4) is 11.4 Å². The lowest BCUT2D eigenvalue weighted by atomic mass is 10.2. The molecule has 1 heterocycles. The SMILES string of the molecule is Cc1nn(-c2ccccc2)nc1C(=O)Nc1ccc(OC(F)F)cc1. The molecule has 0 aliphatic carbocycles. The number of hydrogen-bond acceptors (Lipinski definition) is 4. The van der Waals surface area contributed by atoms with Crippen molar-refractivity contribution in [1.29, 1.82) is 0 Å². The van der Waals surface area contributed by atoms with E-state index in [2.05, 4.69) is 20.3 Å². The number of hydrogen-bond donors (Lipinski definition) is 1. The first kappa shape index (κ1) is 16.6. The average molecular weight is 344 g/mol. The van der Waals surface area contributed by atoms with E-state index in [-0.39, 0.29) is 11.4 Å². The maximum atomic E-state index is 12.4. The first-order valence-electron chi connectivity index (χ1n) is 7.38. The Hall–Kier alpha value is -3.29. The zero-order chi connectivity index (χ0) is 17.8. The standard InChI is InChI=1S/C17H14F2N4O2/c1-11-15(22-23(21-11)13-5-3-2-4-6-13)16(24)20-12-7-9-14(10-8-12)25-17(18)19/h2-10,17H,1H3,(H,20,24). The number of aromatic nitrogens is 3. The molecule has 0 radical (unpaired) electrons. The fraction of sp³-hybridized carbons (Fsp3) is 0.118. The number of ether oxygens (including phenoxy) is 1. The molecule has 6 nitrogen and oxygen atoms in total. The highest BCUT2D eigenvalue weighted by molar-refractivity contribution is 6.03. The Morgan fingerprint density at radius 1 is 1.08 bits per heavy atom. The second-order valence-electron chi connectivity index (χ2n) is 5.12. The summed E-state index contributed by atoms with van der Waals surface area (Å²) in [6.07, 6.45) is 0. The van der Waals surface area contributed by atoms with Gasteiger partial charge in [-0.05, 0) is 43.3 Å². The Labute approximate surface area is 142 Å². The molecule has 0 atom stereocenters. The molecule has 0 unspecified atom stereocenters. The van der Waals surface area contributed by atoms with Crippen molar-refractivity contribution in [1.82, 2.24) is 15.0 Å². The van der Waals surface area contributed by atoms with Gasteiger partial charge in [0.2, 0.25) is 0 Å². The topological polar surface area (TPSA) is 69.0 Å². The lowest BCUT2D eigenvalue weighted by Crippen LogP contribution is -2.14. The number of alkyl halides is 2. The number of aryl methyl sites for hydroxylation is 1. The van der Waals surface area contributed by atoms with Gasteiger partial charge in [0.1, 0.15) is 5.75 Å². The van der Waals surface area contributed by atoms with E-state index in [9.17, 15) is 13.6 Å². The second kappa shape index (κ2) is 7.08. The number of carbonyl (C=O) groups excluding carboxylic acids is 1. The van der Waals surface area contributed by atoms with Crippen LogP contribution in [0.5, 0.6) is 5.75 Å². The third kappa shape index (κ3) is 3.97. The van der Waals surface area contributed by atoms with Gasteiger partial charge in [0, 0.05) is 5.69 Å². The Morgan fingerprint density at radius 3 is 2.40 bits per heavy atom. The van der Waals surface area contributed by atoms with Crippen molar-refractivity contribution in [3.05, 3.63) is 66.0 Å². The van der Waals surface area contributed by atoms with Gasteiger partial charge in [-0.1, -0.05) is 18.2 Å². The summed E-state index contributed by atoms with van der Waals surface area (Å²) in [6, 6.07) is 14.8. The molecule has 1 aromatic heterocycles. The summed E-state index contributed by atoms with van der Waals surface area (Å²) in [7, 11) is 0. The van der Waals surface area contributed by atoms with E-state index in [0.29, 0.717) is 11.4 Å². The predicted octanol–water partition coefficient (Wildman–Crippen LogP) is 3.43. The molecular weight excluding hydrogens is 330 g/mol. The molecule has 0 aliphatic rings. The molecule has 3 aromatic rings. The minimum absolute atomic E-state index is 0.0131. The summed E-state index contributed by atoms with van der Waals surface area (Å²) < 4.78 is 28.5. The van der Waals surface area contributed by atoms with E-state index < -0.39 is 12.5 Å². The molecule has 8 heteroatoms. The van der Waals surface area contributed by atoms with Crippen molar-refractivity contribution >= 4 is 11.6 Å². The maximum Gasteiger partial charge on any atom is 0.387 e. The molecule has 0 bridgehead atoms. The highest BCUT2D eigenvalue weighted by Gasteiger charge is 2.16. The smallest absolute Gasteiger partial charge is 0.387 e. The van der Waals surface area contributed by atoms with Crippen LogP contribution >= 0.6 is 0 Å². The first-order valence-corrected chi connectivity index (χ1v) is 7.38. The van der Waals surface area contributed by atoms with Crippen LogP contribution in [-0.2, 0) is 0 Å². The molecule has 25 heavy (non-hydrogen) atoms. The largest absolute Gasteiger partial charge is 0.435 e. The summed E-state index contributed by atoms with van der Waals surface area (Å²) in [6.45, 7) is -1.21. The van der Waals surface area contributed by atoms with Crippen molar-refractivity contribution in [3.63, 3.8) is 0 Å². The fourth-order valence-electron chi connectivity index (χ4n) is 2.18. The van der Waals surface area contributed by atoms with Gasteiger partial charge in [0.05, 0.1) is 11.4 Å². The number of rotatable bonds is 5. The Kier molecular flexibility index (Phi) is 4.69. The van der Waals surface area contributed by atoms with E-state index in [1.165, 1.54) is 29.1 Å². The monoisotopic (exact) mass is 344 g/mol. The third-order valence-electron chi connectivity index (χ3n) is 3.32. The number of nitrogens with one attached hydrogen (secondary N) is 1. The Morgan fingerprint density at radius 2 is 1.76 bits per heavy atom. The zero-order valence-electron chi connectivity index (χ0n) is 13.2. The molecule has 0 saturated carbocycles. The number of anilines is 1. The maximum absolute atomic E-state index is 12.4. The highest BCUT2D eigenvalue weighted by Crippen LogP contribution is 2.18. The van der Waals surface area contributed by atoms with Crippen molar-refractivity contribution < 1.29 is 18.3 Å². The van der Waals surface area contributed by atoms with E-state index in [1.54, 1.807) is 6.92 Å². The van der Waals surface area contributed by atoms with Gasteiger partial charge in [0.15, 0.2) is 5.69 Å². The van der Waals surface area contributed by atoms with Crippen LogP contribution in [0.4, 0.5) is 14.5 Å². The van der Waals surface area contributed by atoms with Crippen LogP contribution in [0.3, 0.4) is 0 Å². The van der Waals surface area contributed by atoms with Crippen LogP contribution < -0.4 is 10.1 Å². The summed E-state index contributed by atoms with van der Waals surface area (Å²) in [5.41, 5.74) is 1.81. The molecule has 0 spiro atoms. The molecule has 1 amide bonds. The number of amides is 1. The molecule has 2 aromatic carbocycles. The minimum atomic E-state index is -2.89. The van der Waals surface area contributed by atoms with E-state index in [0.717, 1.165) is 5.69 Å². The zero-order valence-corrected chi connectivity index (χ0v) is 13.2. The molecule has 0 saturated heterocycles. The first-order chi connectivity index (χ1) is 12.0. The van der Waals surface area contributed by atoms with Gasteiger partial charge in [-0.25, -0.2) is 0 Å². The lowest BCUT2D eigenvalue weighted by Gasteiger charge is -2.06. The van der Waals surface area contributed by atoms with Crippen LogP contribution in [-0.4, -0.2) is 27.5 Å². The summed E-state index contributed by atoms with van der Waals surface area (Å²) >= 11 is 0. The van der Waals surface area contributed by atoms with Gasteiger partial charge >= 0.3 is 6.61 Å². The normalized spacial score (nSPS) is 10.7. The summed E-state index contributed by atoms with van der Waals surface area (Å²) in [4.78, 5) is 13.7. The van der Waals surface area contributed by atoms with Gasteiger partial charge in [-0.2, -0.15) is 18.7 Å². The number of benzene rings is 2. The van der Waals surface area contributed by atoms with Crippen LogP contribution in [0.25, 0.3) is 5.69 Å². The Bertz CT molecular complexity index is 864. The molecular formula is C17H14F2N4O2. The van der Waals surface area contributed by atoms with Crippen molar-refractivity contribution in [2.75, 3.05) is 5.32 Å². The van der Waals surface area contributed by atoms with Crippen molar-refractivity contribution in [2.45, 2.75) is 13.5 Å². The van der Waals surface area contributed by atoms with Crippen molar-refractivity contribution in [2.24, 2.45) is 0 Å². The number of nitrogens with zero attached hydrogens (tertiary/aromatic N) is 3. The number of halogens is 2. The molecule has 128 valence electrons. The number of carbonyl (C=O) groups is 1. The summed E-state index contributed by atoms with van der Waals surface area (Å²) in [5.74, 6) is -0.429. The highest BCUT2D eigenvalue weighted by atomic mass is 19.3. The summed E-state index contributed by atoms with van der Waals surface area (Å²) in [5, 5.41) is 11.1. The quantitative estimate of drug-likeness (QED) is 0.770. The van der Waals surface area contributed by atoms with Crippen LogP contribution in [0.2, 0.25) is 0 Å². The molecule has 1 N–H and O–H groups in total. The second-order valence-corrected chi connectivity index (χ2v) is 5.12. The van der Waals surface area contributed by atoms with E-state index in [1.807, 2.05) is 30.3 Å². The molecule has 3 rings (SSSR count). The molecule has 0 fully saturated rings. The molecule has 0 aliphatic heterocycles. The van der Waals surface area contributed by atoms with Crippen LogP contribution in [0.1, 0.15) is 16.2 Å². The van der Waals surface area contributed by atoms with Gasteiger partial charge in [-0.3, -0.25) is 4.79 Å². The Balaban J connectivity index is 1.74. The predicted molar refractivity (Wildman–Crippen MR) is 87.1 cm³/mol. The van der Waals surface area contributed by atoms with Gasteiger partial charge in [-0.15, -0.1) is 5.10 Å². The van der Waals surface area contributed by atoms with E-state index in [4.69, 9.17) is 0 Å². The minimum Gasteiger partial charge on any atom is -0.435 e. The van der Waals surface area contributed by atoms with Gasteiger partial charge < -0.3 is 10.1 Å². The fourth-order valence-corrected chi connectivity index (χ4v) is 2.18. The van der Waals surface area contributed by atoms with E-state index >= 15 is 0 Å². The lowest BCUT2D eigenvalue weighted by molar-refractivity contribution is -0.0498. The van der Waals surface area contributed by atoms with Gasteiger partial charge in [0.25, 0.3) is 5.91 Å². The third-order valence-corrected chi connectivity index (χ3v) is 3.32. The average Bonchev–Trinajstić information content (AvgIpc) is 2.99. The van der Waals surface area contributed by atoms with Crippen LogP contribution in [0, 0.1) is 6.92 Å².